The van der Waals surface area contributed by atoms with Crippen LogP contribution in [-0.4, -0.2) is 151 Å². The summed E-state index contributed by atoms with van der Waals surface area (Å²) in [7, 11) is 6.16. The van der Waals surface area contributed by atoms with Gasteiger partial charge in [-0.3, -0.25) is 33.7 Å². The summed E-state index contributed by atoms with van der Waals surface area (Å²) in [6.07, 6.45) is -1.16. The summed E-state index contributed by atoms with van der Waals surface area (Å²) in [6, 6.07) is 10.5. The summed E-state index contributed by atoms with van der Waals surface area (Å²) in [5.74, 6) is -3.98. The Morgan fingerprint density at radius 1 is 0.757 bits per heavy atom. The molecule has 0 saturated carbocycles. The molecule has 0 radical (unpaired) electrons. The lowest BCUT2D eigenvalue weighted by Crippen LogP contribution is -2.60. The molecule has 1 saturated heterocycles. The highest BCUT2D eigenvalue weighted by atomic mass is 16.6. The standard InChI is InChI=1S/C55H88N8O11/c1-16-34(8)47(42(72-14)29-43(64)63-28-20-23-41(63)49(73-15)35(9)50(66)57-36(10)48(65)39-21-18-17-19-22-39)61(12)54(70)45(32(4)5)60-53(69)46(33(6)7)62(13)55(71)74-30-38-24-26-40(27-25-38)59-51(67)37(11)58-52(68)44(56)31(2)3/h17-19,21-22,24-27,31-37,41-42,44-49,65H,16,20,23,28-30,56H2,1-15H3,(H,57,66)(H,58,68)(H,59,67)(H,60,69)/t34-,35+,36+,37-,41-,42+,44-,45-,46-,47-,48+,49?/m0/s1. The third-order valence-corrected chi connectivity index (χ3v) is 14.4. The molecule has 7 amide bonds. The number of benzene rings is 2. The summed E-state index contributed by atoms with van der Waals surface area (Å²) in [4.78, 5) is 100.0. The van der Waals surface area contributed by atoms with Crippen LogP contribution in [0.2, 0.25) is 0 Å². The number of nitrogens with zero attached hydrogens (tertiary/aromatic N) is 3. The van der Waals surface area contributed by atoms with Crippen LogP contribution in [0, 0.1) is 29.6 Å². The van der Waals surface area contributed by atoms with Gasteiger partial charge in [0.15, 0.2) is 0 Å². The zero-order valence-electron chi connectivity index (χ0n) is 46.5. The van der Waals surface area contributed by atoms with Gasteiger partial charge in [0.05, 0.1) is 54.8 Å². The van der Waals surface area contributed by atoms with Crippen LogP contribution < -0.4 is 27.0 Å². The van der Waals surface area contributed by atoms with Gasteiger partial charge < -0.3 is 56.1 Å². The molecule has 2 aromatic rings. The Kier molecular flexibility index (Phi) is 24.9. The van der Waals surface area contributed by atoms with E-state index in [2.05, 4.69) is 21.3 Å². The second-order valence-corrected chi connectivity index (χ2v) is 21.0. The minimum absolute atomic E-state index is 0.0620. The van der Waals surface area contributed by atoms with Crippen molar-refractivity contribution < 1.29 is 52.9 Å². The second-order valence-electron chi connectivity index (χ2n) is 21.0. The number of nitrogens with one attached hydrogen (secondary N) is 4. The first-order valence-electron chi connectivity index (χ1n) is 26.1. The smallest absolute Gasteiger partial charge is 0.410 e. The number of aliphatic hydroxyl groups excluding tert-OH is 1. The lowest BCUT2D eigenvalue weighted by atomic mass is 9.89. The largest absolute Gasteiger partial charge is 0.445 e. The fraction of sp³-hybridized carbons (Fsp3) is 0.655. The molecule has 1 aliphatic heterocycles. The summed E-state index contributed by atoms with van der Waals surface area (Å²) < 4.78 is 17.6. The van der Waals surface area contributed by atoms with Crippen LogP contribution in [0.5, 0.6) is 0 Å². The first-order valence-corrected chi connectivity index (χ1v) is 26.1. The summed E-state index contributed by atoms with van der Waals surface area (Å²) in [5.41, 5.74) is 7.65. The number of hydrogen-bond donors (Lipinski definition) is 6. The Bertz CT molecular complexity index is 2140. The van der Waals surface area contributed by atoms with Crippen LogP contribution in [0.25, 0.3) is 0 Å². The molecule has 19 heteroatoms. The van der Waals surface area contributed by atoms with Crippen LogP contribution in [0.4, 0.5) is 10.5 Å². The number of carbonyl (C=O) groups is 7. The van der Waals surface area contributed by atoms with Crippen LogP contribution in [0.3, 0.4) is 0 Å². The minimum atomic E-state index is -1.02. The monoisotopic (exact) mass is 1040 g/mol. The van der Waals surface area contributed by atoms with E-state index in [1.807, 2.05) is 59.7 Å². The molecule has 0 bridgehead atoms. The number of methoxy groups -OCH3 is 2. The molecule has 414 valence electrons. The molecule has 7 N–H and O–H groups in total. The summed E-state index contributed by atoms with van der Waals surface area (Å²) >= 11 is 0. The highest BCUT2D eigenvalue weighted by Crippen LogP contribution is 2.30. The minimum Gasteiger partial charge on any atom is -0.445 e. The van der Waals surface area contributed by atoms with E-state index in [0.29, 0.717) is 42.6 Å². The van der Waals surface area contributed by atoms with Crippen molar-refractivity contribution in [3.8, 4) is 0 Å². The Morgan fingerprint density at radius 2 is 1.38 bits per heavy atom. The number of likely N-dealkylation sites (N-methyl/N-ethyl adjacent to an activating group) is 2. The van der Waals surface area contributed by atoms with E-state index in [4.69, 9.17) is 19.9 Å². The third kappa shape index (κ3) is 16.9. The summed E-state index contributed by atoms with van der Waals surface area (Å²) in [6.45, 7) is 20.2. The molecule has 12 atom stereocenters. The van der Waals surface area contributed by atoms with Gasteiger partial charge in [-0.15, -0.1) is 0 Å². The normalized spacial score (nSPS) is 18.2. The predicted octanol–water partition coefficient (Wildman–Crippen LogP) is 5.01. The first-order chi connectivity index (χ1) is 34.8. The van der Waals surface area contributed by atoms with Crippen LogP contribution in [0.1, 0.15) is 119 Å². The van der Waals surface area contributed by atoms with Crippen LogP contribution in [-0.2, 0) is 49.6 Å². The number of likely N-dealkylation sites (tertiary alicyclic amines) is 1. The zero-order chi connectivity index (χ0) is 55.7. The number of aliphatic hydroxyl groups is 1. The Balaban J connectivity index is 1.69. The van der Waals surface area contributed by atoms with E-state index in [9.17, 15) is 38.7 Å². The fourth-order valence-electron chi connectivity index (χ4n) is 9.55. The number of rotatable bonds is 27. The number of amides is 7. The van der Waals surface area contributed by atoms with Crippen molar-refractivity contribution in [3.05, 3.63) is 65.7 Å². The van der Waals surface area contributed by atoms with Crippen molar-refractivity contribution in [2.75, 3.05) is 40.2 Å². The molecule has 1 heterocycles. The van der Waals surface area contributed by atoms with Crippen molar-refractivity contribution in [2.24, 2.45) is 35.3 Å². The third-order valence-electron chi connectivity index (χ3n) is 14.4. The van der Waals surface area contributed by atoms with E-state index in [1.165, 1.54) is 26.2 Å². The number of carbonyl (C=O) groups excluding carboxylic acids is 7. The van der Waals surface area contributed by atoms with Gasteiger partial charge in [-0.05, 0) is 73.6 Å². The van der Waals surface area contributed by atoms with Crippen molar-refractivity contribution >= 4 is 47.2 Å². The highest BCUT2D eigenvalue weighted by molar-refractivity contribution is 5.97. The SMILES string of the molecule is CC[C@H](C)[C@@H]([C@@H](CC(=O)N1CCC[C@H]1C(OC)[C@@H](C)C(=O)N[C@H](C)[C@@H](O)c1ccccc1)OC)N(C)C(=O)[C@@H](NC(=O)[C@H](C(C)C)N(C)C(=O)OCc1ccc(NC(=O)[C@H](C)NC(=O)[C@@H](N)C(C)C)cc1)C(C)C. The molecular weight excluding hydrogens is 949 g/mol. The Labute approximate surface area is 439 Å². The van der Waals surface area contributed by atoms with E-state index >= 15 is 0 Å². The van der Waals surface area contributed by atoms with Gasteiger partial charge in [0.25, 0.3) is 0 Å². The van der Waals surface area contributed by atoms with Crippen molar-refractivity contribution in [1.82, 2.24) is 30.7 Å². The lowest BCUT2D eigenvalue weighted by molar-refractivity contribution is -0.148. The predicted molar refractivity (Wildman–Crippen MR) is 284 cm³/mol. The Hall–Kier alpha value is -5.63. The van der Waals surface area contributed by atoms with Crippen LogP contribution >= 0.6 is 0 Å². The van der Waals surface area contributed by atoms with Gasteiger partial charge in [-0.25, -0.2) is 4.79 Å². The molecule has 3 rings (SSSR count). The number of hydrogen-bond acceptors (Lipinski definition) is 12. The van der Waals surface area contributed by atoms with Gasteiger partial charge in [-0.1, -0.05) is 111 Å². The number of ether oxygens (including phenoxy) is 3. The van der Waals surface area contributed by atoms with Gasteiger partial charge in [0.2, 0.25) is 35.4 Å². The van der Waals surface area contributed by atoms with Crippen molar-refractivity contribution in [2.45, 2.75) is 169 Å². The number of anilines is 1. The van der Waals surface area contributed by atoms with Crippen LogP contribution in [0.15, 0.2) is 54.6 Å². The van der Waals surface area contributed by atoms with Gasteiger partial charge in [-0.2, -0.15) is 0 Å². The fourth-order valence-corrected chi connectivity index (χ4v) is 9.55. The van der Waals surface area contributed by atoms with Crippen molar-refractivity contribution in [3.63, 3.8) is 0 Å². The molecule has 2 aromatic carbocycles. The molecule has 74 heavy (non-hydrogen) atoms. The van der Waals surface area contributed by atoms with Gasteiger partial charge in [0, 0.05) is 40.5 Å². The van der Waals surface area contributed by atoms with Crippen molar-refractivity contribution in [1.29, 1.82) is 0 Å². The Morgan fingerprint density at radius 3 is 1.92 bits per heavy atom. The number of nitrogens with two attached hydrogens (primary N) is 1. The van der Waals surface area contributed by atoms with E-state index in [1.54, 1.807) is 87.9 Å². The van der Waals surface area contributed by atoms with E-state index < -0.39 is 90.3 Å². The summed E-state index contributed by atoms with van der Waals surface area (Å²) in [5, 5.41) is 22.2. The topological polar surface area (TPSA) is 251 Å². The molecular formula is C55H88N8O11. The lowest BCUT2D eigenvalue weighted by Gasteiger charge is -2.41. The molecule has 0 spiro atoms. The molecule has 1 fully saturated rings. The maximum absolute atomic E-state index is 14.7. The maximum Gasteiger partial charge on any atom is 0.410 e. The highest BCUT2D eigenvalue weighted by Gasteiger charge is 2.44. The second kappa shape index (κ2) is 29.5. The molecule has 1 aliphatic rings. The molecule has 0 aliphatic carbocycles. The maximum atomic E-state index is 14.7. The van der Waals surface area contributed by atoms with E-state index in [-0.39, 0.29) is 54.4 Å². The van der Waals surface area contributed by atoms with Gasteiger partial charge >= 0.3 is 6.09 Å². The van der Waals surface area contributed by atoms with Gasteiger partial charge in [0.1, 0.15) is 24.7 Å². The van der Waals surface area contributed by atoms with E-state index in [0.717, 1.165) is 0 Å². The quantitative estimate of drug-likeness (QED) is 0.0692. The zero-order valence-corrected chi connectivity index (χ0v) is 46.5. The molecule has 1 unspecified atom stereocenters. The average Bonchev–Trinajstić information content (AvgIpc) is 3.86. The molecule has 19 nitrogen and oxygen atoms in total. The molecule has 0 aromatic heterocycles. The first kappa shape index (κ1) is 62.7. The average molecular weight is 1040 g/mol.